The molecule has 2 fully saturated rings. The van der Waals surface area contributed by atoms with E-state index in [9.17, 15) is 4.79 Å². The van der Waals surface area contributed by atoms with Crippen molar-refractivity contribution < 1.29 is 9.21 Å². The van der Waals surface area contributed by atoms with Gasteiger partial charge in [0.2, 0.25) is 0 Å². The number of benzene rings is 3. The Kier molecular flexibility index (Phi) is 5.30. The van der Waals surface area contributed by atoms with Crippen LogP contribution in [0.1, 0.15) is 22.3 Å². The Labute approximate surface area is 203 Å². The van der Waals surface area contributed by atoms with Gasteiger partial charge in [-0.15, -0.1) is 0 Å². The molecule has 2 aliphatic rings. The summed E-state index contributed by atoms with van der Waals surface area (Å²) in [6.45, 7) is 5.21. The highest BCUT2D eigenvalue weighted by molar-refractivity contribution is 6.31. The summed E-state index contributed by atoms with van der Waals surface area (Å²) in [7, 11) is 0. The van der Waals surface area contributed by atoms with Gasteiger partial charge in [-0.25, -0.2) is 0 Å². The highest BCUT2D eigenvalue weighted by Crippen LogP contribution is 2.34. The van der Waals surface area contributed by atoms with E-state index in [1.54, 1.807) is 0 Å². The lowest BCUT2D eigenvalue weighted by Crippen LogP contribution is -2.54. The third kappa shape index (κ3) is 3.94. The van der Waals surface area contributed by atoms with Gasteiger partial charge in [0.25, 0.3) is 11.9 Å². The normalized spacial score (nSPS) is 20.1. The second-order valence-corrected chi connectivity index (χ2v) is 10.0. The topological polar surface area (TPSA) is 49.6 Å². The molecular weight excluding hydrogens is 446 g/mol. The van der Waals surface area contributed by atoms with Crippen molar-refractivity contribution in [3.8, 4) is 11.1 Å². The molecule has 5 nitrogen and oxygen atoms in total. The molecule has 0 N–H and O–H groups in total. The molecule has 1 amide bonds. The van der Waals surface area contributed by atoms with Crippen LogP contribution in [-0.4, -0.2) is 42.0 Å². The molecule has 172 valence electrons. The zero-order valence-electron chi connectivity index (χ0n) is 19.1. The number of rotatable bonds is 3. The van der Waals surface area contributed by atoms with E-state index in [-0.39, 0.29) is 5.91 Å². The van der Waals surface area contributed by atoms with E-state index in [4.69, 9.17) is 16.0 Å². The number of amides is 1. The maximum atomic E-state index is 13.7. The summed E-state index contributed by atoms with van der Waals surface area (Å²) in [6.07, 6.45) is 1.13. The summed E-state index contributed by atoms with van der Waals surface area (Å²) in [4.78, 5) is 22.7. The molecule has 3 heterocycles. The van der Waals surface area contributed by atoms with Crippen molar-refractivity contribution in [3.63, 3.8) is 0 Å². The summed E-state index contributed by atoms with van der Waals surface area (Å²) < 4.78 is 6.02. The molecule has 2 aliphatic heterocycles. The lowest BCUT2D eigenvalue weighted by Gasteiger charge is -2.45. The van der Waals surface area contributed by atoms with Crippen LogP contribution < -0.4 is 4.90 Å². The van der Waals surface area contributed by atoms with Crippen LogP contribution in [0.25, 0.3) is 22.2 Å². The molecule has 34 heavy (non-hydrogen) atoms. The quantitative estimate of drug-likeness (QED) is 0.364. The largest absolute Gasteiger partial charge is 0.423 e. The van der Waals surface area contributed by atoms with E-state index in [0.29, 0.717) is 22.9 Å². The van der Waals surface area contributed by atoms with E-state index < -0.39 is 0 Å². The molecule has 2 unspecified atom stereocenters. The fourth-order valence-electron chi connectivity index (χ4n) is 5.50. The minimum atomic E-state index is 0.127. The van der Waals surface area contributed by atoms with Gasteiger partial charge in [0.05, 0.1) is 0 Å². The predicted molar refractivity (Wildman–Crippen MR) is 135 cm³/mol. The van der Waals surface area contributed by atoms with Crippen LogP contribution in [-0.2, 0) is 0 Å². The van der Waals surface area contributed by atoms with Gasteiger partial charge >= 0.3 is 0 Å². The van der Waals surface area contributed by atoms with E-state index in [1.807, 2.05) is 49.4 Å². The minimum absolute atomic E-state index is 0.127. The summed E-state index contributed by atoms with van der Waals surface area (Å²) in [6, 6.07) is 22.5. The lowest BCUT2D eigenvalue weighted by atomic mass is 9.84. The van der Waals surface area contributed by atoms with Crippen molar-refractivity contribution in [1.82, 2.24) is 9.88 Å². The maximum absolute atomic E-state index is 13.7. The Hall–Kier alpha value is -3.31. The van der Waals surface area contributed by atoms with E-state index in [0.717, 1.165) is 66.0 Å². The first kappa shape index (κ1) is 21.2. The SMILES string of the molecule is Cc1ccc(-c2ccccc2)c(C(=O)N2CC3CC(C2)CN(c2nc4cc(Cl)ccc4o2)C3)c1. The van der Waals surface area contributed by atoms with E-state index in [1.165, 1.54) is 0 Å². The smallest absolute Gasteiger partial charge is 0.298 e. The number of oxazole rings is 1. The molecule has 2 bridgehead atoms. The third-order valence-corrected chi connectivity index (χ3v) is 7.20. The number of hydrogen-bond donors (Lipinski definition) is 0. The molecule has 6 rings (SSSR count). The minimum Gasteiger partial charge on any atom is -0.423 e. The Morgan fingerprint density at radius 2 is 1.74 bits per heavy atom. The van der Waals surface area contributed by atoms with Crippen molar-refractivity contribution in [2.45, 2.75) is 13.3 Å². The standard InChI is InChI=1S/C28H26ClN3O2/c1-18-7-9-23(21-5-3-2-4-6-21)24(11-18)27(33)31-14-19-12-20(15-31)17-32(16-19)28-30-25-13-22(29)8-10-26(25)34-28/h2-11,13,19-20H,12,14-17H2,1H3. The molecule has 6 heteroatoms. The third-order valence-electron chi connectivity index (χ3n) is 6.97. The second-order valence-electron chi connectivity index (χ2n) is 9.61. The Bertz CT molecular complexity index is 1350. The van der Waals surface area contributed by atoms with Gasteiger partial charge in [0.1, 0.15) is 5.52 Å². The molecule has 3 aromatic carbocycles. The predicted octanol–water partition coefficient (Wildman–Crippen LogP) is 6.06. The highest BCUT2D eigenvalue weighted by Gasteiger charge is 2.38. The number of hydrogen-bond acceptors (Lipinski definition) is 4. The first-order valence-corrected chi connectivity index (χ1v) is 12.2. The average molecular weight is 472 g/mol. The summed E-state index contributed by atoms with van der Waals surface area (Å²) in [5.74, 6) is 0.905. The zero-order chi connectivity index (χ0) is 23.2. The molecule has 0 spiro atoms. The zero-order valence-corrected chi connectivity index (χ0v) is 19.8. The van der Waals surface area contributed by atoms with Crippen LogP contribution in [0, 0.1) is 18.8 Å². The molecule has 1 aromatic heterocycles. The molecule has 0 saturated carbocycles. The molecule has 0 aliphatic carbocycles. The Morgan fingerprint density at radius 3 is 2.50 bits per heavy atom. The van der Waals surface area contributed by atoms with Crippen molar-refractivity contribution in [1.29, 1.82) is 0 Å². The Balaban J connectivity index is 1.23. The first-order chi connectivity index (χ1) is 16.5. The van der Waals surface area contributed by atoms with E-state index >= 15 is 0 Å². The van der Waals surface area contributed by atoms with Gasteiger partial charge in [0, 0.05) is 36.8 Å². The molecule has 4 aromatic rings. The number of carbonyl (C=O) groups excluding carboxylic acids is 1. The van der Waals surface area contributed by atoms with Gasteiger partial charge in [0.15, 0.2) is 5.58 Å². The molecule has 0 radical (unpaired) electrons. The van der Waals surface area contributed by atoms with E-state index in [2.05, 4.69) is 39.0 Å². The fourth-order valence-corrected chi connectivity index (χ4v) is 5.67. The number of piperidine rings is 2. The summed E-state index contributed by atoms with van der Waals surface area (Å²) >= 11 is 6.12. The highest BCUT2D eigenvalue weighted by atomic mass is 35.5. The number of aryl methyl sites for hydroxylation is 1. The van der Waals surface area contributed by atoms with Crippen molar-refractivity contribution >= 4 is 34.6 Å². The van der Waals surface area contributed by atoms with Gasteiger partial charge in [-0.1, -0.05) is 59.6 Å². The monoisotopic (exact) mass is 471 g/mol. The number of carbonyl (C=O) groups is 1. The summed E-state index contributed by atoms with van der Waals surface area (Å²) in [5, 5.41) is 0.656. The lowest BCUT2D eigenvalue weighted by molar-refractivity contribution is 0.0562. The summed E-state index contributed by atoms with van der Waals surface area (Å²) in [5.41, 5.74) is 5.49. The number of halogens is 1. The number of likely N-dealkylation sites (tertiary alicyclic amines) is 1. The van der Waals surface area contributed by atoms with Crippen LogP contribution in [0.2, 0.25) is 5.02 Å². The number of nitrogens with zero attached hydrogens (tertiary/aromatic N) is 3. The van der Waals surface area contributed by atoms with Gasteiger partial charge in [-0.3, -0.25) is 4.79 Å². The number of anilines is 1. The van der Waals surface area contributed by atoms with Crippen LogP contribution in [0.5, 0.6) is 0 Å². The van der Waals surface area contributed by atoms with Gasteiger partial charge < -0.3 is 14.2 Å². The van der Waals surface area contributed by atoms with Crippen LogP contribution >= 0.6 is 11.6 Å². The molecular formula is C28H26ClN3O2. The van der Waals surface area contributed by atoms with Crippen molar-refractivity contribution in [2.24, 2.45) is 11.8 Å². The van der Waals surface area contributed by atoms with Crippen LogP contribution in [0.15, 0.2) is 71.1 Å². The van der Waals surface area contributed by atoms with Crippen molar-refractivity contribution in [2.75, 3.05) is 31.1 Å². The average Bonchev–Trinajstić information content (AvgIpc) is 3.27. The van der Waals surface area contributed by atoms with Crippen molar-refractivity contribution in [3.05, 3.63) is 82.9 Å². The Morgan fingerprint density at radius 1 is 0.971 bits per heavy atom. The second kappa shape index (κ2) is 8.48. The maximum Gasteiger partial charge on any atom is 0.298 e. The molecule has 2 saturated heterocycles. The van der Waals surface area contributed by atoms with Crippen LogP contribution in [0.3, 0.4) is 0 Å². The fraction of sp³-hybridized carbons (Fsp3) is 0.286. The number of fused-ring (bicyclic) bond motifs is 3. The van der Waals surface area contributed by atoms with Gasteiger partial charge in [-0.05, 0) is 60.6 Å². The van der Waals surface area contributed by atoms with Gasteiger partial charge in [-0.2, -0.15) is 4.98 Å². The molecule has 2 atom stereocenters. The van der Waals surface area contributed by atoms with Crippen LogP contribution in [0.4, 0.5) is 6.01 Å². The number of aromatic nitrogens is 1. The first-order valence-electron chi connectivity index (χ1n) is 11.8.